The highest BCUT2D eigenvalue weighted by Gasteiger charge is 2.37. The predicted octanol–water partition coefficient (Wildman–Crippen LogP) is 0.965. The number of alkyl halides is 3. The van der Waals surface area contributed by atoms with Gasteiger partial charge in [0.05, 0.1) is 0 Å². The molecule has 1 unspecified atom stereocenters. The Balaban J connectivity index is 0. The molecule has 0 amide bonds. The van der Waals surface area contributed by atoms with Gasteiger partial charge in [-0.3, -0.25) is 10.1 Å². The summed E-state index contributed by atoms with van der Waals surface area (Å²) in [6.45, 7) is -0.749. The number of hydrogen-bond acceptors (Lipinski definition) is 3. The van der Waals surface area contributed by atoms with Gasteiger partial charge in [0.15, 0.2) is 0 Å². The van der Waals surface area contributed by atoms with Gasteiger partial charge in [0.25, 0.3) is 0 Å². The lowest BCUT2D eigenvalue weighted by Crippen LogP contribution is -2.38. The molecule has 0 spiro atoms. The highest BCUT2D eigenvalue weighted by atomic mass is 35.5. The largest absolute Gasteiger partial charge is 0.403 e. The van der Waals surface area contributed by atoms with E-state index < -0.39 is 30.1 Å². The van der Waals surface area contributed by atoms with Gasteiger partial charge in [0.2, 0.25) is 6.54 Å². The van der Waals surface area contributed by atoms with Crippen LogP contribution in [-0.4, -0.2) is 23.7 Å². The lowest BCUT2D eigenvalue weighted by molar-refractivity contribution is -0.481. The quantitative estimate of drug-likeness (QED) is 0.555. The molecule has 4 nitrogen and oxygen atoms in total. The van der Waals surface area contributed by atoms with Crippen LogP contribution in [0.3, 0.4) is 0 Å². The number of nitrogens with two attached hydrogens (primary N) is 1. The Morgan fingerprint density at radius 2 is 1.92 bits per heavy atom. The van der Waals surface area contributed by atoms with Crippen molar-refractivity contribution in [3.05, 3.63) is 10.1 Å². The molecule has 0 saturated carbocycles. The number of halogens is 4. The van der Waals surface area contributed by atoms with Crippen molar-refractivity contribution < 1.29 is 18.1 Å². The maximum Gasteiger partial charge on any atom is 0.403 e. The summed E-state index contributed by atoms with van der Waals surface area (Å²) in [5.74, 6) is 0. The van der Waals surface area contributed by atoms with Gasteiger partial charge in [-0.1, -0.05) is 0 Å². The molecule has 0 aromatic carbocycles. The fraction of sp³-hybridized carbons (Fsp3) is 1.00. The van der Waals surface area contributed by atoms with Crippen LogP contribution in [0.5, 0.6) is 0 Å². The van der Waals surface area contributed by atoms with Crippen LogP contribution in [0.25, 0.3) is 0 Å². The van der Waals surface area contributed by atoms with Crippen LogP contribution < -0.4 is 5.73 Å². The molecule has 12 heavy (non-hydrogen) atoms. The molecule has 0 aliphatic carbocycles. The first kappa shape index (κ1) is 14.0. The van der Waals surface area contributed by atoms with E-state index in [1.165, 1.54) is 0 Å². The molecule has 0 aliphatic heterocycles. The summed E-state index contributed by atoms with van der Waals surface area (Å²) in [6, 6.07) is -2.09. The second kappa shape index (κ2) is 5.15. The summed E-state index contributed by atoms with van der Waals surface area (Å²) in [4.78, 5) is 8.79. The summed E-state index contributed by atoms with van der Waals surface area (Å²) < 4.78 is 34.7. The number of rotatable bonds is 3. The third-order valence-corrected chi connectivity index (χ3v) is 1.04. The lowest BCUT2D eigenvalue weighted by atomic mass is 10.2. The molecule has 0 heterocycles. The van der Waals surface area contributed by atoms with Gasteiger partial charge >= 0.3 is 6.18 Å². The molecule has 0 aliphatic rings. The van der Waals surface area contributed by atoms with Crippen LogP contribution in [-0.2, 0) is 0 Å². The molecule has 0 fully saturated rings. The topological polar surface area (TPSA) is 69.2 Å². The van der Waals surface area contributed by atoms with Crippen molar-refractivity contribution in [1.29, 1.82) is 0 Å². The van der Waals surface area contributed by atoms with Gasteiger partial charge in [-0.05, 0) is 0 Å². The van der Waals surface area contributed by atoms with E-state index >= 15 is 0 Å². The first-order valence-electron chi connectivity index (χ1n) is 2.78. The Morgan fingerprint density at radius 1 is 1.50 bits per heavy atom. The van der Waals surface area contributed by atoms with Crippen molar-refractivity contribution >= 4 is 12.4 Å². The molecule has 74 valence electrons. The Morgan fingerprint density at radius 3 is 2.17 bits per heavy atom. The summed E-state index contributed by atoms with van der Waals surface area (Å²) in [5, 5.41) is 9.61. The van der Waals surface area contributed by atoms with E-state index in [0.717, 1.165) is 0 Å². The predicted molar refractivity (Wildman–Crippen MR) is 37.8 cm³/mol. The molecule has 0 aromatic heterocycles. The molecule has 0 bridgehead atoms. The van der Waals surface area contributed by atoms with Gasteiger partial charge in [-0.15, -0.1) is 12.4 Å². The molecule has 0 saturated heterocycles. The van der Waals surface area contributed by atoms with Gasteiger partial charge < -0.3 is 5.73 Å². The molecule has 8 heteroatoms. The van der Waals surface area contributed by atoms with Crippen molar-refractivity contribution in [1.82, 2.24) is 0 Å². The highest BCUT2D eigenvalue weighted by Crippen LogP contribution is 2.20. The van der Waals surface area contributed by atoms with Crippen LogP contribution in [0, 0.1) is 10.1 Å². The zero-order valence-electron chi connectivity index (χ0n) is 5.87. The van der Waals surface area contributed by atoms with E-state index in [1.807, 2.05) is 0 Å². The number of nitrogens with zero attached hydrogens (tertiary/aromatic N) is 1. The van der Waals surface area contributed by atoms with E-state index in [1.54, 1.807) is 0 Å². The molecule has 0 aromatic rings. The smallest absolute Gasteiger partial charge is 0.320 e. The fourth-order valence-electron chi connectivity index (χ4n) is 0.408. The Hall–Kier alpha value is -0.560. The van der Waals surface area contributed by atoms with Gasteiger partial charge in [-0.25, -0.2) is 0 Å². The zero-order chi connectivity index (χ0) is 9.07. The Labute approximate surface area is 72.5 Å². The maximum atomic E-state index is 11.6. The summed E-state index contributed by atoms with van der Waals surface area (Å²) in [7, 11) is 0. The van der Waals surface area contributed by atoms with Crippen molar-refractivity contribution in [3.8, 4) is 0 Å². The van der Waals surface area contributed by atoms with Crippen molar-refractivity contribution in [2.24, 2.45) is 5.73 Å². The SMILES string of the molecule is Cl.NC(CC[N+](=O)[O-])C(F)(F)F. The standard InChI is InChI=1S/C4H7F3N2O2.ClH/c5-4(6,7)3(8)1-2-9(10)11;/h3H,1-2,8H2;1H. The third kappa shape index (κ3) is 6.17. The minimum atomic E-state index is -4.53. The summed E-state index contributed by atoms with van der Waals surface area (Å²) in [6.07, 6.45) is -5.20. The maximum absolute atomic E-state index is 11.6. The van der Waals surface area contributed by atoms with Crippen LogP contribution in [0.2, 0.25) is 0 Å². The van der Waals surface area contributed by atoms with Crippen LogP contribution >= 0.6 is 12.4 Å². The Bertz CT molecular complexity index is 152. The normalized spacial score (nSPS) is 13.3. The first-order valence-corrected chi connectivity index (χ1v) is 2.78. The van der Waals surface area contributed by atoms with Crippen molar-refractivity contribution in [3.63, 3.8) is 0 Å². The number of nitro groups is 1. The van der Waals surface area contributed by atoms with E-state index in [0.29, 0.717) is 0 Å². The van der Waals surface area contributed by atoms with Gasteiger partial charge in [0, 0.05) is 11.3 Å². The van der Waals surface area contributed by atoms with Crippen molar-refractivity contribution in [2.45, 2.75) is 18.6 Å². The monoisotopic (exact) mass is 208 g/mol. The highest BCUT2D eigenvalue weighted by molar-refractivity contribution is 5.85. The fourth-order valence-corrected chi connectivity index (χ4v) is 0.408. The van der Waals surface area contributed by atoms with E-state index in [2.05, 4.69) is 5.73 Å². The third-order valence-electron chi connectivity index (χ3n) is 1.04. The van der Waals surface area contributed by atoms with Gasteiger partial charge in [0.1, 0.15) is 6.04 Å². The summed E-state index contributed by atoms with van der Waals surface area (Å²) >= 11 is 0. The Kier molecular flexibility index (Phi) is 6.01. The molecule has 0 radical (unpaired) electrons. The van der Waals surface area contributed by atoms with E-state index in [-0.39, 0.29) is 12.4 Å². The van der Waals surface area contributed by atoms with Crippen LogP contribution in [0.4, 0.5) is 13.2 Å². The lowest BCUT2D eigenvalue weighted by Gasteiger charge is -2.12. The minimum Gasteiger partial charge on any atom is -0.320 e. The van der Waals surface area contributed by atoms with Crippen LogP contribution in [0.15, 0.2) is 0 Å². The molecule has 0 rings (SSSR count). The molecule has 2 N–H and O–H groups in total. The average Bonchev–Trinajstić information content (AvgIpc) is 1.80. The second-order valence-electron chi connectivity index (χ2n) is 1.99. The molecular weight excluding hydrogens is 201 g/mol. The molecular formula is C4H8ClF3N2O2. The zero-order valence-corrected chi connectivity index (χ0v) is 6.69. The van der Waals surface area contributed by atoms with E-state index in [9.17, 15) is 23.3 Å². The molecule has 1 atom stereocenters. The number of hydrogen-bond donors (Lipinski definition) is 1. The summed E-state index contributed by atoms with van der Waals surface area (Å²) in [5.41, 5.74) is 4.57. The van der Waals surface area contributed by atoms with Gasteiger partial charge in [-0.2, -0.15) is 13.2 Å². The van der Waals surface area contributed by atoms with Crippen molar-refractivity contribution in [2.75, 3.05) is 6.54 Å². The average molecular weight is 209 g/mol. The van der Waals surface area contributed by atoms with Crippen LogP contribution in [0.1, 0.15) is 6.42 Å². The second-order valence-corrected chi connectivity index (χ2v) is 1.99. The minimum absolute atomic E-state index is 0. The van der Waals surface area contributed by atoms with E-state index in [4.69, 9.17) is 0 Å². The first-order chi connectivity index (χ1) is 4.84.